The van der Waals surface area contributed by atoms with E-state index < -0.39 is 21.4 Å². The molecule has 1 amide bonds. The second-order valence-corrected chi connectivity index (χ2v) is 10.6. The summed E-state index contributed by atoms with van der Waals surface area (Å²) >= 11 is 0. The molecular weight excluding hydrogens is 468 g/mol. The molecule has 1 heterocycles. The van der Waals surface area contributed by atoms with Crippen LogP contribution in [0.1, 0.15) is 54.9 Å². The Morgan fingerprint density at radius 1 is 1.14 bits per heavy atom. The van der Waals surface area contributed by atoms with Crippen molar-refractivity contribution in [2.24, 2.45) is 5.10 Å². The molecule has 1 aromatic heterocycles. The maximum absolute atomic E-state index is 12.6. The van der Waals surface area contributed by atoms with E-state index in [1.807, 2.05) is 0 Å². The average Bonchev–Trinajstić information content (AvgIpc) is 2.78. The van der Waals surface area contributed by atoms with Crippen molar-refractivity contribution in [3.63, 3.8) is 0 Å². The van der Waals surface area contributed by atoms with Crippen LogP contribution in [-0.4, -0.2) is 31.9 Å². The number of hydrogen-bond acceptors (Lipinski definition) is 7. The monoisotopic (exact) mass is 498 g/mol. The molecule has 9 heteroatoms. The highest BCUT2D eigenvalue weighted by atomic mass is 32.2. The van der Waals surface area contributed by atoms with Crippen LogP contribution in [0.2, 0.25) is 0 Å². The Kier molecular flexibility index (Phi) is 8.45. The number of hydrogen-bond donors (Lipinski definition) is 2. The molecule has 0 aliphatic heterocycles. The van der Waals surface area contributed by atoms with Gasteiger partial charge in [0.05, 0.1) is 16.5 Å². The highest BCUT2D eigenvalue weighted by Crippen LogP contribution is 2.31. The van der Waals surface area contributed by atoms with E-state index in [4.69, 9.17) is 4.42 Å². The summed E-state index contributed by atoms with van der Waals surface area (Å²) in [5.74, 6) is -0.337. The number of amides is 1. The summed E-state index contributed by atoms with van der Waals surface area (Å²) in [6, 6.07) is 9.59. The first-order chi connectivity index (χ1) is 16.6. The summed E-state index contributed by atoms with van der Waals surface area (Å²) in [7, 11) is -3.28. The first kappa shape index (κ1) is 26.2. The van der Waals surface area contributed by atoms with Crippen LogP contribution in [0.25, 0.3) is 11.0 Å². The number of fused-ring (bicyclic) bond motifs is 1. The molecule has 2 aromatic carbocycles. The number of aromatic hydroxyl groups is 1. The third-order valence-corrected chi connectivity index (χ3v) is 6.93. The van der Waals surface area contributed by atoms with E-state index in [2.05, 4.69) is 17.5 Å². The number of rotatable bonds is 10. The maximum Gasteiger partial charge on any atom is 0.339 e. The molecule has 0 radical (unpaired) electrons. The Hall–Kier alpha value is -3.46. The zero-order valence-corrected chi connectivity index (χ0v) is 20.9. The van der Waals surface area contributed by atoms with E-state index in [0.29, 0.717) is 27.7 Å². The first-order valence-electron chi connectivity index (χ1n) is 11.5. The topological polar surface area (TPSA) is 126 Å². The third-order valence-electron chi connectivity index (χ3n) is 5.80. The number of carbonyl (C=O) groups is 1. The summed E-state index contributed by atoms with van der Waals surface area (Å²) in [6.45, 7) is 3.86. The lowest BCUT2D eigenvalue weighted by Crippen LogP contribution is -2.20. The van der Waals surface area contributed by atoms with Crippen LogP contribution >= 0.6 is 0 Å². The molecule has 0 saturated carbocycles. The van der Waals surface area contributed by atoms with Crippen LogP contribution in [0.4, 0.5) is 0 Å². The molecule has 0 saturated heterocycles. The number of nitrogens with one attached hydrogen (secondary N) is 1. The Morgan fingerprint density at radius 2 is 1.86 bits per heavy atom. The van der Waals surface area contributed by atoms with Gasteiger partial charge in [-0.3, -0.25) is 4.79 Å². The number of aryl methyl sites for hydroxylation is 2. The lowest BCUT2D eigenvalue weighted by atomic mass is 9.99. The summed E-state index contributed by atoms with van der Waals surface area (Å²) in [5.41, 5.74) is 4.68. The molecule has 0 spiro atoms. The lowest BCUT2D eigenvalue weighted by molar-refractivity contribution is -0.121. The van der Waals surface area contributed by atoms with Gasteiger partial charge in [0.1, 0.15) is 11.3 Å². The van der Waals surface area contributed by atoms with Gasteiger partial charge in [-0.15, -0.1) is 0 Å². The number of nitrogens with zero attached hydrogens (tertiary/aromatic N) is 1. The highest BCUT2D eigenvalue weighted by molar-refractivity contribution is 7.90. The van der Waals surface area contributed by atoms with Crippen LogP contribution in [0, 0.1) is 6.92 Å². The van der Waals surface area contributed by atoms with Gasteiger partial charge in [-0.1, -0.05) is 31.9 Å². The van der Waals surface area contributed by atoms with Crippen molar-refractivity contribution in [1.82, 2.24) is 5.43 Å². The molecule has 0 atom stereocenters. The Balaban J connectivity index is 1.66. The van der Waals surface area contributed by atoms with Crippen LogP contribution in [0.5, 0.6) is 5.75 Å². The largest absolute Gasteiger partial charge is 0.507 e. The maximum atomic E-state index is 12.6. The van der Waals surface area contributed by atoms with E-state index in [1.54, 1.807) is 31.2 Å². The molecule has 0 aliphatic rings. The van der Waals surface area contributed by atoms with E-state index >= 15 is 0 Å². The summed E-state index contributed by atoms with van der Waals surface area (Å²) < 4.78 is 28.5. The van der Waals surface area contributed by atoms with Crippen molar-refractivity contribution in [2.75, 3.05) is 6.26 Å². The predicted octanol–water partition coefficient (Wildman–Crippen LogP) is 4.03. The molecule has 3 aromatic rings. The fraction of sp³-hybridized carbons (Fsp3) is 0.346. The van der Waals surface area contributed by atoms with Gasteiger partial charge in [0.25, 0.3) is 0 Å². The number of unbranched alkanes of at least 4 members (excludes halogenated alkanes) is 2. The summed E-state index contributed by atoms with van der Waals surface area (Å²) in [6.07, 6.45) is 6.62. The highest BCUT2D eigenvalue weighted by Gasteiger charge is 2.16. The van der Waals surface area contributed by atoms with Crippen LogP contribution < -0.4 is 11.1 Å². The Labute approximate surface area is 204 Å². The standard InChI is InChI=1S/C26H30N2O6S/c1-4-5-6-7-19-14-22(29)25-17(2)21(26(31)34-23(25)15-19)12-13-24(30)28-27-16-18-8-10-20(11-9-18)35(3,32)33/h8-11,14-16,29H,4-7,12-13H2,1-3H3,(H,28,30)/b27-16+. The minimum absolute atomic E-state index is 0.00265. The molecule has 186 valence electrons. The zero-order valence-electron chi connectivity index (χ0n) is 20.1. The fourth-order valence-electron chi connectivity index (χ4n) is 3.87. The average molecular weight is 499 g/mol. The number of hydrazone groups is 1. The van der Waals surface area contributed by atoms with E-state index in [1.165, 1.54) is 18.3 Å². The molecule has 0 aliphatic carbocycles. The van der Waals surface area contributed by atoms with Crippen molar-refractivity contribution in [2.45, 2.75) is 57.3 Å². The SMILES string of the molecule is CCCCCc1cc(O)c2c(C)c(CCC(=O)N/N=C/c3ccc(S(C)(=O)=O)cc3)c(=O)oc2c1. The fourth-order valence-corrected chi connectivity index (χ4v) is 4.50. The number of phenolic OH excluding ortho intramolecular Hbond substituents is 1. The van der Waals surface area contributed by atoms with Gasteiger partial charge in [0.2, 0.25) is 5.91 Å². The van der Waals surface area contributed by atoms with Crippen molar-refractivity contribution in [3.8, 4) is 5.75 Å². The smallest absolute Gasteiger partial charge is 0.339 e. The van der Waals surface area contributed by atoms with Gasteiger partial charge in [-0.2, -0.15) is 5.10 Å². The van der Waals surface area contributed by atoms with Gasteiger partial charge in [-0.05, 0) is 67.1 Å². The molecule has 0 fully saturated rings. The summed E-state index contributed by atoms with van der Waals surface area (Å²) in [5, 5.41) is 14.9. The normalized spacial score (nSPS) is 11.9. The molecular formula is C26H30N2O6S. The van der Waals surface area contributed by atoms with Crippen molar-refractivity contribution < 1.29 is 22.7 Å². The number of carbonyl (C=O) groups excluding carboxylic acids is 1. The van der Waals surface area contributed by atoms with Gasteiger partial charge >= 0.3 is 5.63 Å². The van der Waals surface area contributed by atoms with Gasteiger partial charge in [0.15, 0.2) is 9.84 Å². The van der Waals surface area contributed by atoms with E-state index in [9.17, 15) is 23.1 Å². The molecule has 0 bridgehead atoms. The van der Waals surface area contributed by atoms with Gasteiger partial charge in [-0.25, -0.2) is 18.6 Å². The number of phenols is 1. The van der Waals surface area contributed by atoms with Gasteiger partial charge in [0, 0.05) is 18.2 Å². The lowest BCUT2D eigenvalue weighted by Gasteiger charge is -2.11. The molecule has 2 N–H and O–H groups in total. The van der Waals surface area contributed by atoms with Crippen molar-refractivity contribution in [1.29, 1.82) is 0 Å². The van der Waals surface area contributed by atoms with Crippen LogP contribution in [0.3, 0.4) is 0 Å². The molecule has 3 rings (SSSR count). The second-order valence-electron chi connectivity index (χ2n) is 8.57. The quantitative estimate of drug-likeness (QED) is 0.188. The van der Waals surface area contributed by atoms with Crippen molar-refractivity contribution >= 4 is 32.9 Å². The van der Waals surface area contributed by atoms with Crippen molar-refractivity contribution in [3.05, 3.63) is 69.1 Å². The van der Waals surface area contributed by atoms with Crippen LogP contribution in [0.15, 0.2) is 55.6 Å². The Bertz CT molecular complexity index is 1410. The number of benzene rings is 2. The van der Waals surface area contributed by atoms with E-state index in [-0.39, 0.29) is 23.5 Å². The zero-order chi connectivity index (χ0) is 25.6. The molecule has 35 heavy (non-hydrogen) atoms. The van der Waals surface area contributed by atoms with Gasteiger partial charge < -0.3 is 9.52 Å². The Morgan fingerprint density at radius 3 is 2.51 bits per heavy atom. The molecule has 0 unspecified atom stereocenters. The minimum atomic E-state index is -3.28. The second kappa shape index (κ2) is 11.3. The third kappa shape index (κ3) is 6.79. The molecule has 8 nitrogen and oxygen atoms in total. The van der Waals surface area contributed by atoms with Crippen LogP contribution in [-0.2, 0) is 27.5 Å². The first-order valence-corrected chi connectivity index (χ1v) is 13.4. The minimum Gasteiger partial charge on any atom is -0.507 e. The van der Waals surface area contributed by atoms with E-state index in [0.717, 1.165) is 37.5 Å². The predicted molar refractivity (Wildman–Crippen MR) is 136 cm³/mol. The number of sulfone groups is 1. The summed E-state index contributed by atoms with van der Waals surface area (Å²) in [4.78, 5) is 25.0.